The summed E-state index contributed by atoms with van der Waals surface area (Å²) in [6.45, 7) is 5.32. The highest BCUT2D eigenvalue weighted by Crippen LogP contribution is 2.10. The average Bonchev–Trinajstić information content (AvgIpc) is 2.59. The van der Waals surface area contributed by atoms with Gasteiger partial charge in [-0.1, -0.05) is 72.1 Å². The van der Waals surface area contributed by atoms with E-state index in [4.69, 9.17) is 4.55 Å². The number of unbranched alkanes of at least 4 members (excludes halogenated alkanes) is 8. The van der Waals surface area contributed by atoms with Crippen LogP contribution in [0.4, 0.5) is 0 Å². The fraction of sp³-hybridized carbons (Fsp3) is 0.833. The van der Waals surface area contributed by atoms with Crippen molar-refractivity contribution in [3.05, 3.63) is 0 Å². The normalized spacial score (nSPS) is 10.5. The van der Waals surface area contributed by atoms with Gasteiger partial charge in [0.25, 0.3) is 0 Å². The van der Waals surface area contributed by atoms with Crippen LogP contribution in [0.3, 0.4) is 0 Å². The number of hydrogen-bond acceptors (Lipinski definition) is 7. The van der Waals surface area contributed by atoms with Crippen molar-refractivity contribution in [1.29, 1.82) is 0 Å². The van der Waals surface area contributed by atoms with Gasteiger partial charge in [0.15, 0.2) is 0 Å². The van der Waals surface area contributed by atoms with E-state index in [-0.39, 0.29) is 18.8 Å². The van der Waals surface area contributed by atoms with Gasteiger partial charge in [0.1, 0.15) is 0 Å². The summed E-state index contributed by atoms with van der Waals surface area (Å²) in [6, 6.07) is 0. The van der Waals surface area contributed by atoms with Gasteiger partial charge >= 0.3 is 28.3 Å². The minimum absolute atomic E-state index is 0.0835. The molecule has 9 heteroatoms. The molecule has 0 aliphatic carbocycles. The van der Waals surface area contributed by atoms with Gasteiger partial charge in [-0.25, -0.2) is 0 Å². The number of carbonyl (C=O) groups excluding carboxylic acids is 3. The maximum absolute atomic E-state index is 11.2. The molecule has 0 saturated heterocycles. The van der Waals surface area contributed by atoms with E-state index < -0.39 is 22.3 Å². The van der Waals surface area contributed by atoms with Gasteiger partial charge in [0.05, 0.1) is 0 Å². The van der Waals surface area contributed by atoms with Crippen molar-refractivity contribution in [1.82, 2.24) is 0 Å². The molecule has 0 aromatic heterocycles. The molecule has 160 valence electrons. The summed E-state index contributed by atoms with van der Waals surface area (Å²) in [4.78, 5) is 32.1. The van der Waals surface area contributed by atoms with Crippen LogP contribution in [0, 0.1) is 0 Å². The van der Waals surface area contributed by atoms with E-state index >= 15 is 0 Å². The fourth-order valence-electron chi connectivity index (χ4n) is 2.01. The highest BCUT2D eigenvalue weighted by Gasteiger charge is 2.09. The molecule has 0 atom stereocenters. The number of rotatable bonds is 13. The molecule has 0 radical (unpaired) electrons. The molecule has 0 spiro atoms. The third kappa shape index (κ3) is 24.5. The summed E-state index contributed by atoms with van der Waals surface area (Å²) in [6.07, 6.45) is 11.5. The van der Waals surface area contributed by atoms with Crippen molar-refractivity contribution in [2.75, 3.05) is 0 Å². The third-order valence-corrected chi connectivity index (χ3v) is 3.88. The van der Waals surface area contributed by atoms with Crippen LogP contribution in [-0.4, -0.2) is 30.9 Å². The lowest BCUT2D eigenvalue weighted by Gasteiger charge is -2.02. The van der Waals surface area contributed by atoms with E-state index in [1.54, 1.807) is 6.92 Å². The van der Waals surface area contributed by atoms with Crippen LogP contribution in [0.25, 0.3) is 0 Å². The van der Waals surface area contributed by atoms with E-state index in [1.165, 1.54) is 51.9 Å². The van der Waals surface area contributed by atoms with Crippen LogP contribution in [0.5, 0.6) is 0 Å². The molecule has 0 aromatic rings. The van der Waals surface area contributed by atoms with E-state index in [0.29, 0.717) is 6.42 Å². The van der Waals surface area contributed by atoms with Gasteiger partial charge in [0.2, 0.25) is 0 Å². The highest BCUT2D eigenvalue weighted by atomic mass is 32.3. The standard InChI is InChI=1S/C15H28O3.C3H6O5S/c1-3-5-6-7-8-9-10-11-12-13-15(17)18-14(16)4-2;1-2-3(4)8-9(5,6)7/h3-13H2,1-2H3;2H2,1H3,(H,5,6,7). The molecule has 0 heterocycles. The second kappa shape index (κ2) is 17.9. The maximum Gasteiger partial charge on any atom is 0.448 e. The summed E-state index contributed by atoms with van der Waals surface area (Å²) in [5, 5.41) is 0. The van der Waals surface area contributed by atoms with Gasteiger partial charge in [0, 0.05) is 19.3 Å². The van der Waals surface area contributed by atoms with Crippen molar-refractivity contribution in [2.45, 2.75) is 97.8 Å². The quantitative estimate of drug-likeness (QED) is 0.208. The van der Waals surface area contributed by atoms with Gasteiger partial charge in [-0.2, -0.15) is 8.42 Å². The minimum atomic E-state index is -4.58. The SMILES string of the molecule is CCC(=O)OS(=O)(=O)O.CCCCCCCCCCCC(=O)OC(=O)CC. The first kappa shape index (κ1) is 27.7. The van der Waals surface area contributed by atoms with Crippen LogP contribution in [-0.2, 0) is 33.7 Å². The third-order valence-electron chi connectivity index (χ3n) is 3.49. The lowest BCUT2D eigenvalue weighted by molar-refractivity contribution is -0.159. The van der Waals surface area contributed by atoms with Crippen molar-refractivity contribution >= 4 is 28.3 Å². The van der Waals surface area contributed by atoms with E-state index in [9.17, 15) is 22.8 Å². The Morgan fingerprint density at radius 2 is 1.15 bits per heavy atom. The smallest absolute Gasteiger partial charge is 0.393 e. The molecule has 8 nitrogen and oxygen atoms in total. The summed E-state index contributed by atoms with van der Waals surface area (Å²) in [5.41, 5.74) is 0. The summed E-state index contributed by atoms with van der Waals surface area (Å²) < 4.78 is 35.3. The Kier molecular flexibility index (Phi) is 18.4. The predicted molar refractivity (Wildman–Crippen MR) is 101 cm³/mol. The largest absolute Gasteiger partial charge is 0.448 e. The van der Waals surface area contributed by atoms with Gasteiger partial charge in [-0.05, 0) is 6.42 Å². The molecule has 0 fully saturated rings. The number of ether oxygens (including phenoxy) is 1. The minimum Gasteiger partial charge on any atom is -0.393 e. The predicted octanol–water partition coefficient (Wildman–Crippen LogP) is 4.13. The molecule has 0 aliphatic rings. The molecule has 0 aliphatic heterocycles. The van der Waals surface area contributed by atoms with Crippen LogP contribution < -0.4 is 0 Å². The molecular weight excluding hydrogens is 376 g/mol. The Labute approximate surface area is 162 Å². The van der Waals surface area contributed by atoms with Crippen LogP contribution in [0.15, 0.2) is 0 Å². The number of carbonyl (C=O) groups is 3. The Balaban J connectivity index is 0. The molecule has 0 unspecified atom stereocenters. The van der Waals surface area contributed by atoms with E-state index in [0.717, 1.165) is 12.8 Å². The Morgan fingerprint density at radius 3 is 1.52 bits per heavy atom. The van der Waals surface area contributed by atoms with Crippen LogP contribution in [0.1, 0.15) is 97.8 Å². The zero-order valence-electron chi connectivity index (χ0n) is 16.7. The van der Waals surface area contributed by atoms with E-state index in [2.05, 4.69) is 15.8 Å². The monoisotopic (exact) mass is 410 g/mol. The molecule has 0 saturated carbocycles. The van der Waals surface area contributed by atoms with Gasteiger partial charge in [-0.3, -0.25) is 18.9 Å². The first-order valence-electron chi connectivity index (χ1n) is 9.59. The van der Waals surface area contributed by atoms with E-state index in [1.807, 2.05) is 0 Å². The van der Waals surface area contributed by atoms with Crippen LogP contribution in [0.2, 0.25) is 0 Å². The summed E-state index contributed by atoms with van der Waals surface area (Å²) in [5.74, 6) is -1.77. The van der Waals surface area contributed by atoms with Crippen molar-refractivity contribution in [3.63, 3.8) is 0 Å². The first-order valence-corrected chi connectivity index (χ1v) is 11.0. The molecular formula is C18H34O8S. The molecule has 0 bridgehead atoms. The topological polar surface area (TPSA) is 124 Å². The Bertz CT molecular complexity index is 513. The highest BCUT2D eigenvalue weighted by molar-refractivity contribution is 7.81. The maximum atomic E-state index is 11.2. The Morgan fingerprint density at radius 1 is 0.704 bits per heavy atom. The van der Waals surface area contributed by atoms with Crippen molar-refractivity contribution in [3.8, 4) is 0 Å². The zero-order valence-corrected chi connectivity index (χ0v) is 17.5. The molecule has 0 amide bonds. The molecule has 27 heavy (non-hydrogen) atoms. The van der Waals surface area contributed by atoms with Crippen molar-refractivity contribution < 1.29 is 36.3 Å². The number of hydrogen-bond donors (Lipinski definition) is 1. The average molecular weight is 411 g/mol. The summed E-state index contributed by atoms with van der Waals surface area (Å²) in [7, 11) is -4.58. The molecule has 1 N–H and O–H groups in total. The number of esters is 2. The Hall–Kier alpha value is -1.48. The lowest BCUT2D eigenvalue weighted by Crippen LogP contribution is -2.10. The van der Waals surface area contributed by atoms with Gasteiger partial charge in [-0.15, -0.1) is 0 Å². The van der Waals surface area contributed by atoms with Crippen LogP contribution >= 0.6 is 0 Å². The zero-order chi connectivity index (χ0) is 21.1. The first-order chi connectivity index (χ1) is 12.7. The second-order valence-corrected chi connectivity index (χ2v) is 7.04. The second-order valence-electron chi connectivity index (χ2n) is 6.01. The van der Waals surface area contributed by atoms with Gasteiger partial charge < -0.3 is 8.92 Å². The van der Waals surface area contributed by atoms with Crippen molar-refractivity contribution in [2.24, 2.45) is 0 Å². The summed E-state index contributed by atoms with van der Waals surface area (Å²) >= 11 is 0. The lowest BCUT2D eigenvalue weighted by atomic mass is 10.1. The fourth-order valence-corrected chi connectivity index (χ4v) is 2.36. The molecule has 0 aromatic carbocycles. The molecule has 0 rings (SSSR count).